The Morgan fingerprint density at radius 3 is 2.32 bits per heavy atom. The lowest BCUT2D eigenvalue weighted by Crippen LogP contribution is -2.42. The summed E-state index contributed by atoms with van der Waals surface area (Å²) >= 11 is 0. The molecule has 2 heteroatoms. The average Bonchev–Trinajstić information content (AvgIpc) is 2.29. The summed E-state index contributed by atoms with van der Waals surface area (Å²) in [5, 5.41) is 0. The first-order valence-corrected chi connectivity index (χ1v) is 7.53. The summed E-state index contributed by atoms with van der Waals surface area (Å²) in [4.78, 5) is 11.8. The highest BCUT2D eigenvalue weighted by Gasteiger charge is 2.40. The summed E-state index contributed by atoms with van der Waals surface area (Å²) in [7, 11) is 0. The van der Waals surface area contributed by atoms with Gasteiger partial charge in [0, 0.05) is 5.57 Å². The molecule has 0 amide bonds. The minimum absolute atomic E-state index is 0.0628. The average molecular weight is 266 g/mol. The Morgan fingerprint density at radius 1 is 1.32 bits per heavy atom. The number of carbonyl (C=O) groups is 1. The van der Waals surface area contributed by atoms with E-state index < -0.39 is 0 Å². The molecule has 1 saturated carbocycles. The van der Waals surface area contributed by atoms with Crippen LogP contribution in [0.15, 0.2) is 12.2 Å². The standard InChI is InChI=1S/C17H30O2/c1-8-13-10-14(17(5,6)7)9-12(4)15(13)19-16(18)11(2)3/h12-15H,2,8-10H2,1,3-7H3. The Hall–Kier alpha value is -0.790. The summed E-state index contributed by atoms with van der Waals surface area (Å²) in [6.07, 6.45) is 3.45. The fraction of sp³-hybridized carbons (Fsp3) is 0.824. The van der Waals surface area contributed by atoms with Crippen molar-refractivity contribution in [2.75, 3.05) is 0 Å². The molecule has 0 saturated heterocycles. The SMILES string of the molecule is C=C(C)C(=O)OC1C(C)CC(C(C)(C)C)CC1CC. The molecule has 1 rings (SSSR count). The van der Waals surface area contributed by atoms with Gasteiger partial charge in [-0.25, -0.2) is 4.79 Å². The van der Waals surface area contributed by atoms with Gasteiger partial charge in [-0.2, -0.15) is 0 Å². The van der Waals surface area contributed by atoms with Crippen LogP contribution in [-0.4, -0.2) is 12.1 Å². The molecular weight excluding hydrogens is 236 g/mol. The Bertz CT molecular complexity index is 338. The predicted octanol–water partition coefficient (Wildman–Crippen LogP) is 4.59. The second kappa shape index (κ2) is 6.11. The van der Waals surface area contributed by atoms with Gasteiger partial charge in [0.15, 0.2) is 0 Å². The second-order valence-electron chi connectivity index (χ2n) is 7.33. The lowest BCUT2D eigenvalue weighted by molar-refractivity contribution is -0.154. The van der Waals surface area contributed by atoms with Crippen molar-refractivity contribution in [2.24, 2.45) is 23.2 Å². The van der Waals surface area contributed by atoms with Gasteiger partial charge >= 0.3 is 5.97 Å². The molecule has 4 atom stereocenters. The van der Waals surface area contributed by atoms with Gasteiger partial charge in [-0.05, 0) is 49.4 Å². The van der Waals surface area contributed by atoms with Crippen molar-refractivity contribution in [1.82, 2.24) is 0 Å². The maximum atomic E-state index is 11.8. The van der Waals surface area contributed by atoms with E-state index in [0.717, 1.165) is 12.8 Å². The molecule has 19 heavy (non-hydrogen) atoms. The van der Waals surface area contributed by atoms with Crippen molar-refractivity contribution in [3.05, 3.63) is 12.2 Å². The smallest absolute Gasteiger partial charge is 0.333 e. The minimum atomic E-state index is -0.232. The van der Waals surface area contributed by atoms with Crippen LogP contribution in [0.2, 0.25) is 0 Å². The predicted molar refractivity (Wildman–Crippen MR) is 79.8 cm³/mol. The molecule has 0 N–H and O–H groups in total. The fourth-order valence-corrected chi connectivity index (χ4v) is 3.19. The van der Waals surface area contributed by atoms with E-state index in [9.17, 15) is 4.79 Å². The van der Waals surface area contributed by atoms with E-state index in [4.69, 9.17) is 4.74 Å². The maximum Gasteiger partial charge on any atom is 0.333 e. The van der Waals surface area contributed by atoms with Crippen molar-refractivity contribution >= 4 is 5.97 Å². The second-order valence-corrected chi connectivity index (χ2v) is 7.33. The number of esters is 1. The van der Waals surface area contributed by atoms with Gasteiger partial charge < -0.3 is 4.74 Å². The van der Waals surface area contributed by atoms with Crippen LogP contribution in [0.5, 0.6) is 0 Å². The summed E-state index contributed by atoms with van der Waals surface area (Å²) in [6, 6.07) is 0. The Labute approximate surface area is 118 Å². The number of ether oxygens (including phenoxy) is 1. The van der Waals surface area contributed by atoms with Crippen LogP contribution in [0, 0.1) is 23.2 Å². The van der Waals surface area contributed by atoms with Gasteiger partial charge in [0.1, 0.15) is 6.10 Å². The molecule has 0 aromatic heterocycles. The third-order valence-corrected chi connectivity index (χ3v) is 4.61. The van der Waals surface area contributed by atoms with Gasteiger partial charge in [-0.1, -0.05) is 41.2 Å². The van der Waals surface area contributed by atoms with E-state index in [1.165, 1.54) is 6.42 Å². The summed E-state index contributed by atoms with van der Waals surface area (Å²) in [5.41, 5.74) is 0.838. The lowest BCUT2D eigenvalue weighted by atomic mass is 9.64. The first-order chi connectivity index (χ1) is 8.66. The first kappa shape index (κ1) is 16.3. The lowest BCUT2D eigenvalue weighted by Gasteiger charge is -2.44. The third-order valence-electron chi connectivity index (χ3n) is 4.61. The van der Waals surface area contributed by atoms with Crippen LogP contribution in [-0.2, 0) is 9.53 Å². The zero-order valence-corrected chi connectivity index (χ0v) is 13.5. The topological polar surface area (TPSA) is 26.3 Å². The summed E-state index contributed by atoms with van der Waals surface area (Å²) in [5.74, 6) is 1.40. The Balaban J connectivity index is 2.79. The molecule has 0 aliphatic heterocycles. The molecule has 0 aromatic carbocycles. The van der Waals surface area contributed by atoms with Gasteiger partial charge in [0.25, 0.3) is 0 Å². The molecule has 0 aromatic rings. The van der Waals surface area contributed by atoms with Crippen molar-refractivity contribution in [3.63, 3.8) is 0 Å². The number of rotatable bonds is 3. The van der Waals surface area contributed by atoms with Crippen molar-refractivity contribution in [3.8, 4) is 0 Å². The quantitative estimate of drug-likeness (QED) is 0.551. The van der Waals surface area contributed by atoms with Crippen LogP contribution >= 0.6 is 0 Å². The zero-order valence-electron chi connectivity index (χ0n) is 13.5. The molecule has 2 nitrogen and oxygen atoms in total. The molecule has 1 aliphatic rings. The summed E-state index contributed by atoms with van der Waals surface area (Å²) < 4.78 is 5.69. The van der Waals surface area contributed by atoms with E-state index in [0.29, 0.717) is 28.7 Å². The zero-order chi connectivity index (χ0) is 14.8. The molecule has 1 aliphatic carbocycles. The number of carbonyl (C=O) groups excluding carboxylic acids is 1. The van der Waals surface area contributed by atoms with Gasteiger partial charge in [-0.3, -0.25) is 0 Å². The van der Waals surface area contributed by atoms with E-state index in [-0.39, 0.29) is 12.1 Å². The van der Waals surface area contributed by atoms with Crippen LogP contribution in [0.1, 0.15) is 60.8 Å². The van der Waals surface area contributed by atoms with E-state index in [1.54, 1.807) is 6.92 Å². The minimum Gasteiger partial charge on any atom is -0.458 e. The monoisotopic (exact) mass is 266 g/mol. The third kappa shape index (κ3) is 4.09. The molecular formula is C17H30O2. The molecule has 4 unspecified atom stereocenters. The highest BCUT2D eigenvalue weighted by molar-refractivity contribution is 5.87. The normalized spacial score (nSPS) is 31.9. The van der Waals surface area contributed by atoms with Gasteiger partial charge in [0.2, 0.25) is 0 Å². The summed E-state index contributed by atoms with van der Waals surface area (Å²) in [6.45, 7) is 16.8. The molecule has 0 bridgehead atoms. The van der Waals surface area contributed by atoms with Gasteiger partial charge in [0.05, 0.1) is 0 Å². The highest BCUT2D eigenvalue weighted by atomic mass is 16.5. The molecule has 0 spiro atoms. The van der Waals surface area contributed by atoms with Crippen molar-refractivity contribution < 1.29 is 9.53 Å². The Morgan fingerprint density at radius 2 is 1.89 bits per heavy atom. The molecule has 0 heterocycles. The fourth-order valence-electron chi connectivity index (χ4n) is 3.19. The van der Waals surface area contributed by atoms with Crippen LogP contribution in [0.25, 0.3) is 0 Å². The van der Waals surface area contributed by atoms with Crippen molar-refractivity contribution in [2.45, 2.75) is 66.9 Å². The largest absolute Gasteiger partial charge is 0.458 e. The molecule has 0 radical (unpaired) electrons. The first-order valence-electron chi connectivity index (χ1n) is 7.53. The van der Waals surface area contributed by atoms with E-state index in [2.05, 4.69) is 41.2 Å². The highest BCUT2D eigenvalue weighted by Crippen LogP contribution is 2.44. The van der Waals surface area contributed by atoms with E-state index >= 15 is 0 Å². The van der Waals surface area contributed by atoms with Gasteiger partial charge in [-0.15, -0.1) is 0 Å². The number of hydrogen-bond acceptors (Lipinski definition) is 2. The van der Waals surface area contributed by atoms with Crippen molar-refractivity contribution in [1.29, 1.82) is 0 Å². The van der Waals surface area contributed by atoms with Crippen LogP contribution < -0.4 is 0 Å². The molecule has 1 fully saturated rings. The molecule has 110 valence electrons. The van der Waals surface area contributed by atoms with Crippen LogP contribution in [0.4, 0.5) is 0 Å². The van der Waals surface area contributed by atoms with Crippen LogP contribution in [0.3, 0.4) is 0 Å². The maximum absolute atomic E-state index is 11.8. The Kier molecular flexibility index (Phi) is 5.23. The van der Waals surface area contributed by atoms with E-state index in [1.807, 2.05) is 0 Å². The number of hydrogen-bond donors (Lipinski definition) is 0.